The van der Waals surface area contributed by atoms with E-state index in [-0.39, 0.29) is 18.1 Å². The van der Waals surface area contributed by atoms with E-state index in [4.69, 9.17) is 22.4 Å². The maximum Gasteiger partial charge on any atom is 0.322 e. The fourth-order valence-electron chi connectivity index (χ4n) is 3.41. The summed E-state index contributed by atoms with van der Waals surface area (Å²) in [6, 6.07) is 9.80. The average Bonchev–Trinajstić information content (AvgIpc) is 3.18. The average molecular weight is 450 g/mol. The van der Waals surface area contributed by atoms with E-state index >= 15 is 0 Å². The fourth-order valence-corrected chi connectivity index (χ4v) is 3.58. The van der Waals surface area contributed by atoms with Gasteiger partial charge in [0.15, 0.2) is 0 Å². The molecule has 0 unspecified atom stereocenters. The van der Waals surface area contributed by atoms with Gasteiger partial charge in [0.1, 0.15) is 5.69 Å². The highest BCUT2D eigenvalue weighted by Gasteiger charge is 2.30. The summed E-state index contributed by atoms with van der Waals surface area (Å²) in [5.74, 6) is -0.620. The zero-order valence-corrected chi connectivity index (χ0v) is 17.3. The number of carbonyl (C=O) groups is 2. The maximum atomic E-state index is 12.8. The smallest absolute Gasteiger partial charge is 0.317 e. The van der Waals surface area contributed by atoms with Crippen LogP contribution in [0.2, 0.25) is 5.02 Å². The lowest BCUT2D eigenvalue weighted by Crippen LogP contribution is -2.41. The molecular formula is C20H16ClN9O2. The molecule has 0 aliphatic carbocycles. The van der Waals surface area contributed by atoms with Crippen LogP contribution in [-0.2, 0) is 13.1 Å². The number of benzene rings is 1. The molecule has 0 atom stereocenters. The Hall–Kier alpha value is -4.30. The van der Waals surface area contributed by atoms with Crippen LogP contribution in [0.1, 0.15) is 21.6 Å². The molecule has 32 heavy (non-hydrogen) atoms. The second-order valence-corrected chi connectivity index (χ2v) is 7.32. The van der Waals surface area contributed by atoms with Crippen LogP contribution in [0.4, 0.5) is 10.5 Å². The third-order valence-corrected chi connectivity index (χ3v) is 5.10. The molecule has 0 radical (unpaired) electrons. The first-order chi connectivity index (χ1) is 15.5. The van der Waals surface area contributed by atoms with Crippen molar-refractivity contribution in [2.75, 3.05) is 11.9 Å². The highest BCUT2D eigenvalue weighted by Crippen LogP contribution is 2.29. The Balaban J connectivity index is 1.64. The van der Waals surface area contributed by atoms with Crippen molar-refractivity contribution in [1.29, 1.82) is 10.8 Å². The Morgan fingerprint density at radius 2 is 2.00 bits per heavy atom. The third-order valence-electron chi connectivity index (χ3n) is 4.90. The van der Waals surface area contributed by atoms with Gasteiger partial charge in [-0.05, 0) is 30.3 Å². The topological polar surface area (TPSA) is 152 Å². The lowest BCUT2D eigenvalue weighted by atomic mass is 10.1. The number of hydrogen-bond acceptors (Lipinski definition) is 7. The number of urea groups is 1. The Kier molecular flexibility index (Phi) is 5.78. The van der Waals surface area contributed by atoms with Gasteiger partial charge in [-0.1, -0.05) is 16.8 Å². The van der Waals surface area contributed by atoms with Crippen LogP contribution in [0.15, 0.2) is 47.9 Å². The van der Waals surface area contributed by atoms with E-state index < -0.39 is 5.91 Å². The molecular weight excluding hydrogens is 434 g/mol. The van der Waals surface area contributed by atoms with Gasteiger partial charge in [-0.2, -0.15) is 15.9 Å². The van der Waals surface area contributed by atoms with E-state index in [0.29, 0.717) is 46.3 Å². The number of nitrogens with one attached hydrogen (secondary N) is 3. The predicted molar refractivity (Wildman–Crippen MR) is 114 cm³/mol. The fraction of sp³-hybridized carbons (Fsp3) is 0.150. The molecule has 1 aliphatic heterocycles. The van der Waals surface area contributed by atoms with Gasteiger partial charge < -0.3 is 10.2 Å². The number of amides is 3. The maximum absolute atomic E-state index is 12.8. The Bertz CT molecular complexity index is 1250. The highest BCUT2D eigenvalue weighted by molar-refractivity contribution is 6.30. The summed E-state index contributed by atoms with van der Waals surface area (Å²) in [4.78, 5) is 31.1. The first-order valence-electron chi connectivity index (χ1n) is 9.43. The van der Waals surface area contributed by atoms with Gasteiger partial charge in [0.25, 0.3) is 5.91 Å². The molecule has 3 N–H and O–H groups in total. The first kappa shape index (κ1) is 21.0. The molecule has 3 heterocycles. The van der Waals surface area contributed by atoms with Crippen LogP contribution in [0, 0.1) is 16.9 Å². The summed E-state index contributed by atoms with van der Waals surface area (Å²) in [6.07, 6.45) is 3.00. The van der Waals surface area contributed by atoms with E-state index in [1.807, 2.05) is 6.07 Å². The summed E-state index contributed by atoms with van der Waals surface area (Å²) < 4.78 is 1.65. The van der Waals surface area contributed by atoms with Crippen molar-refractivity contribution in [3.63, 3.8) is 0 Å². The standard InChI is InChI=1S/C20H16ClN9O2/c21-14-7-13(9-24-10-14)18-17(19(31)26-28-23)16-11-29(5-6-30(16)27-18)20(32)25-15-3-1-12(8-22)2-4-15/h1-4,7,9-10H,5-6,11H2,(H,25,32)(H2,23,26,31). The quantitative estimate of drug-likeness (QED) is 0.412. The van der Waals surface area contributed by atoms with Crippen molar-refractivity contribution in [2.24, 2.45) is 5.22 Å². The van der Waals surface area contributed by atoms with Crippen LogP contribution in [0.3, 0.4) is 0 Å². The zero-order valence-electron chi connectivity index (χ0n) is 16.5. The molecule has 11 nitrogen and oxygen atoms in total. The molecule has 2 aromatic heterocycles. The van der Waals surface area contributed by atoms with Crippen molar-refractivity contribution < 1.29 is 9.59 Å². The summed E-state index contributed by atoms with van der Waals surface area (Å²) in [5, 5.41) is 19.6. The molecule has 1 aliphatic rings. The molecule has 0 spiro atoms. The van der Waals surface area contributed by atoms with E-state index in [1.165, 1.54) is 12.4 Å². The minimum atomic E-state index is -0.620. The number of halogens is 1. The molecule has 1 aromatic carbocycles. The van der Waals surface area contributed by atoms with Crippen LogP contribution >= 0.6 is 11.6 Å². The molecule has 0 saturated heterocycles. The number of nitrogens with zero attached hydrogens (tertiary/aromatic N) is 6. The van der Waals surface area contributed by atoms with E-state index in [2.05, 4.69) is 26.0 Å². The Morgan fingerprint density at radius 3 is 2.69 bits per heavy atom. The number of hydrogen-bond donors (Lipinski definition) is 3. The van der Waals surface area contributed by atoms with Crippen molar-refractivity contribution in [3.8, 4) is 17.3 Å². The van der Waals surface area contributed by atoms with Gasteiger partial charge in [-0.25, -0.2) is 10.2 Å². The first-order valence-corrected chi connectivity index (χ1v) is 9.81. The molecule has 160 valence electrons. The molecule has 0 saturated carbocycles. The molecule has 0 bridgehead atoms. The number of fused-ring (bicyclic) bond motifs is 1. The van der Waals surface area contributed by atoms with Crippen LogP contribution < -0.4 is 10.7 Å². The second-order valence-electron chi connectivity index (χ2n) is 6.88. The van der Waals surface area contributed by atoms with E-state index in [0.717, 1.165) is 0 Å². The van der Waals surface area contributed by atoms with Crippen molar-refractivity contribution in [2.45, 2.75) is 13.1 Å². The monoisotopic (exact) mass is 449 g/mol. The summed E-state index contributed by atoms with van der Waals surface area (Å²) in [7, 11) is 0. The van der Waals surface area contributed by atoms with Gasteiger partial charge in [0, 0.05) is 30.2 Å². The number of pyridine rings is 1. The number of nitriles is 1. The largest absolute Gasteiger partial charge is 0.322 e. The third kappa shape index (κ3) is 4.12. The van der Waals surface area contributed by atoms with Crippen molar-refractivity contribution >= 4 is 29.2 Å². The highest BCUT2D eigenvalue weighted by atomic mass is 35.5. The molecule has 3 amide bonds. The van der Waals surface area contributed by atoms with E-state index in [9.17, 15) is 9.59 Å². The molecule has 4 rings (SSSR count). The van der Waals surface area contributed by atoms with E-state index in [1.54, 1.807) is 39.9 Å². The van der Waals surface area contributed by atoms with Gasteiger partial charge in [0.05, 0.1) is 41.0 Å². The number of carbonyl (C=O) groups excluding carboxylic acids is 2. The van der Waals surface area contributed by atoms with Crippen LogP contribution in [0.25, 0.3) is 11.3 Å². The summed E-state index contributed by atoms with van der Waals surface area (Å²) in [5.41, 5.74) is 11.7. The normalized spacial score (nSPS) is 12.4. The van der Waals surface area contributed by atoms with Crippen molar-refractivity contribution in [1.82, 2.24) is 25.1 Å². The Labute approximate surface area is 187 Å². The minimum Gasteiger partial charge on any atom is -0.317 e. The number of rotatable bonds is 4. The minimum absolute atomic E-state index is 0.115. The molecule has 3 aromatic rings. The predicted octanol–water partition coefficient (Wildman–Crippen LogP) is 3.19. The second kappa shape index (κ2) is 8.83. The van der Waals surface area contributed by atoms with Gasteiger partial charge >= 0.3 is 6.03 Å². The van der Waals surface area contributed by atoms with Crippen LogP contribution in [0.5, 0.6) is 0 Å². The Morgan fingerprint density at radius 1 is 1.22 bits per heavy atom. The molecule has 0 fully saturated rings. The summed E-state index contributed by atoms with van der Waals surface area (Å²) in [6.45, 7) is 0.847. The van der Waals surface area contributed by atoms with Crippen LogP contribution in [-0.4, -0.2) is 38.1 Å². The molecule has 12 heteroatoms. The number of anilines is 1. The zero-order chi connectivity index (χ0) is 22.7. The SMILES string of the molecule is N#Cc1ccc(NC(=O)N2CCn3nc(-c4cncc(Cl)c4)c(C(=O)NN=N)c3C2)cc1. The number of aromatic nitrogens is 3. The lowest BCUT2D eigenvalue weighted by Gasteiger charge is -2.28. The van der Waals surface area contributed by atoms with Gasteiger partial charge in [-0.3, -0.25) is 14.5 Å². The summed E-state index contributed by atoms with van der Waals surface area (Å²) >= 11 is 6.05. The van der Waals surface area contributed by atoms with Crippen molar-refractivity contribution in [3.05, 3.63) is 64.6 Å². The lowest BCUT2D eigenvalue weighted by molar-refractivity contribution is 0.0947. The van der Waals surface area contributed by atoms with Gasteiger partial charge in [-0.15, -0.1) is 0 Å². The van der Waals surface area contributed by atoms with Gasteiger partial charge in [0.2, 0.25) is 0 Å².